The Morgan fingerprint density at radius 1 is 1.38 bits per heavy atom. The third-order valence-electron chi connectivity index (χ3n) is 6.10. The number of hydrogen-bond donors (Lipinski definition) is 2. The van der Waals surface area contributed by atoms with Gasteiger partial charge in [0.25, 0.3) is 0 Å². The Balaban J connectivity index is 1.95. The van der Waals surface area contributed by atoms with Crippen LogP contribution in [0.25, 0.3) is 0 Å². The maximum atomic E-state index is 12.7. The Morgan fingerprint density at radius 3 is 2.81 bits per heavy atom. The molecule has 2 saturated carbocycles. The lowest BCUT2D eigenvalue weighted by molar-refractivity contribution is -0.133. The first kappa shape index (κ1) is 14.8. The zero-order valence-electron chi connectivity index (χ0n) is 13.4. The van der Waals surface area contributed by atoms with Gasteiger partial charge in [-0.25, -0.2) is 0 Å². The fraction of sp³-hybridized carbons (Fsp3) is 0.722. The summed E-state index contributed by atoms with van der Waals surface area (Å²) in [5, 5.41) is 13.9. The maximum Gasteiger partial charge on any atom is 0.162 e. The van der Waals surface area contributed by atoms with E-state index < -0.39 is 0 Å². The molecule has 0 aromatic heterocycles. The van der Waals surface area contributed by atoms with Crippen LogP contribution in [0.3, 0.4) is 0 Å². The predicted octanol–water partition coefficient (Wildman–Crippen LogP) is 2.96. The number of fused-ring (bicyclic) bond motifs is 1. The van der Waals surface area contributed by atoms with Crippen molar-refractivity contribution in [2.45, 2.75) is 59.0 Å². The van der Waals surface area contributed by atoms with Crippen LogP contribution in [0.15, 0.2) is 22.9 Å². The Morgan fingerprint density at radius 2 is 2.14 bits per heavy atom. The highest BCUT2D eigenvalue weighted by Crippen LogP contribution is 2.53. The summed E-state index contributed by atoms with van der Waals surface area (Å²) in [6.07, 6.45) is 6.57. The Kier molecular flexibility index (Phi) is 3.73. The van der Waals surface area contributed by atoms with Crippen LogP contribution < -0.4 is 5.32 Å². The van der Waals surface area contributed by atoms with E-state index >= 15 is 0 Å². The van der Waals surface area contributed by atoms with Crippen molar-refractivity contribution in [2.75, 3.05) is 6.54 Å². The molecule has 0 aromatic carbocycles. The summed E-state index contributed by atoms with van der Waals surface area (Å²) in [7, 11) is 0. The number of Topliss-reactive ketones (excluding diaryl/α,β-unsaturated/α-hetero) is 1. The molecular formula is C18H27NO2. The molecule has 3 heteroatoms. The molecule has 3 aliphatic rings. The molecule has 3 nitrogen and oxygen atoms in total. The molecular weight excluding hydrogens is 262 g/mol. The summed E-state index contributed by atoms with van der Waals surface area (Å²) < 4.78 is 0. The average molecular weight is 289 g/mol. The van der Waals surface area contributed by atoms with Gasteiger partial charge in [-0.05, 0) is 55.7 Å². The van der Waals surface area contributed by atoms with Gasteiger partial charge in [-0.2, -0.15) is 0 Å². The number of hydrogen-bond acceptors (Lipinski definition) is 3. The van der Waals surface area contributed by atoms with E-state index in [0.717, 1.165) is 49.9 Å². The third kappa shape index (κ3) is 2.36. The lowest BCUT2D eigenvalue weighted by Crippen LogP contribution is -2.51. The Bertz CT molecular complexity index is 519. The van der Waals surface area contributed by atoms with Crippen molar-refractivity contribution in [1.82, 2.24) is 5.32 Å². The normalized spacial score (nSPS) is 42.2. The van der Waals surface area contributed by atoms with Crippen molar-refractivity contribution in [3.8, 4) is 0 Å². The van der Waals surface area contributed by atoms with E-state index in [1.54, 1.807) is 0 Å². The first-order chi connectivity index (χ1) is 9.93. The molecule has 0 spiro atoms. The second-order valence-corrected chi connectivity index (χ2v) is 7.43. The van der Waals surface area contributed by atoms with Crippen LogP contribution in [0.1, 0.15) is 52.9 Å². The largest absolute Gasteiger partial charge is 0.393 e. The number of allylic oxidation sites excluding steroid dienone is 2. The fourth-order valence-electron chi connectivity index (χ4n) is 4.62. The van der Waals surface area contributed by atoms with Crippen LogP contribution in [0.2, 0.25) is 0 Å². The number of aliphatic hydroxyl groups is 1. The summed E-state index contributed by atoms with van der Waals surface area (Å²) in [4.78, 5) is 12.7. The summed E-state index contributed by atoms with van der Waals surface area (Å²) in [5.74, 6) is 0.658. The van der Waals surface area contributed by atoms with Crippen LogP contribution in [0, 0.1) is 17.3 Å². The van der Waals surface area contributed by atoms with Crippen LogP contribution in [-0.4, -0.2) is 23.5 Å². The number of rotatable bonds is 1. The summed E-state index contributed by atoms with van der Waals surface area (Å²) >= 11 is 0. The molecule has 1 heterocycles. The number of aliphatic hydroxyl groups excluding tert-OH is 1. The van der Waals surface area contributed by atoms with Crippen molar-refractivity contribution in [2.24, 2.45) is 17.3 Å². The minimum atomic E-state index is -0.276. The van der Waals surface area contributed by atoms with Gasteiger partial charge in [-0.1, -0.05) is 20.3 Å². The van der Waals surface area contributed by atoms with Crippen LogP contribution in [-0.2, 0) is 4.79 Å². The molecule has 0 saturated heterocycles. The highest BCUT2D eigenvalue weighted by atomic mass is 16.3. The minimum absolute atomic E-state index is 0.0345. The number of carbonyl (C=O) groups excluding carboxylic acids is 1. The van der Waals surface area contributed by atoms with Gasteiger partial charge in [0.05, 0.1) is 6.10 Å². The molecule has 2 N–H and O–H groups in total. The topological polar surface area (TPSA) is 49.3 Å². The van der Waals surface area contributed by atoms with Gasteiger partial charge in [-0.15, -0.1) is 0 Å². The molecule has 0 aromatic rings. The molecule has 2 fully saturated rings. The van der Waals surface area contributed by atoms with E-state index in [1.807, 2.05) is 0 Å². The average Bonchev–Trinajstić information content (AvgIpc) is 2.84. The quantitative estimate of drug-likeness (QED) is 0.730. The Hall–Kier alpha value is -1.09. The van der Waals surface area contributed by atoms with Crippen molar-refractivity contribution >= 4 is 5.78 Å². The molecule has 1 aliphatic heterocycles. The monoisotopic (exact) mass is 289 g/mol. The summed E-state index contributed by atoms with van der Waals surface area (Å²) in [6, 6.07) is 0. The molecule has 116 valence electrons. The van der Waals surface area contributed by atoms with Gasteiger partial charge in [0.2, 0.25) is 0 Å². The van der Waals surface area contributed by atoms with Crippen LogP contribution >= 0.6 is 0 Å². The number of carbonyl (C=O) groups is 1. The maximum absolute atomic E-state index is 12.7. The smallest absolute Gasteiger partial charge is 0.162 e. The van der Waals surface area contributed by atoms with E-state index in [0.29, 0.717) is 11.7 Å². The van der Waals surface area contributed by atoms with Gasteiger partial charge in [0.1, 0.15) is 0 Å². The zero-order chi connectivity index (χ0) is 15.2. The number of ketones is 1. The van der Waals surface area contributed by atoms with Gasteiger partial charge in [0, 0.05) is 23.6 Å². The molecule has 3 rings (SSSR count). The molecule has 4 atom stereocenters. The van der Waals surface area contributed by atoms with E-state index in [1.165, 1.54) is 5.57 Å². The molecule has 2 unspecified atom stereocenters. The van der Waals surface area contributed by atoms with E-state index in [2.05, 4.69) is 32.2 Å². The van der Waals surface area contributed by atoms with Crippen molar-refractivity contribution in [3.63, 3.8) is 0 Å². The SMILES string of the molecule is CC1=C(/C=C2\C[C@@]3(C)C(CCC[C@@H]3O)C(C)C2=O)NCC1. The first-order valence-corrected chi connectivity index (χ1v) is 8.30. The lowest BCUT2D eigenvalue weighted by Gasteiger charge is -2.51. The molecule has 0 amide bonds. The third-order valence-corrected chi connectivity index (χ3v) is 6.10. The van der Waals surface area contributed by atoms with Gasteiger partial charge in [0.15, 0.2) is 5.78 Å². The van der Waals surface area contributed by atoms with Crippen LogP contribution in [0.4, 0.5) is 0 Å². The first-order valence-electron chi connectivity index (χ1n) is 8.30. The molecule has 0 bridgehead atoms. The second kappa shape index (κ2) is 5.28. The van der Waals surface area contributed by atoms with Gasteiger partial charge < -0.3 is 10.4 Å². The van der Waals surface area contributed by atoms with Crippen molar-refractivity contribution < 1.29 is 9.90 Å². The molecule has 0 radical (unpaired) electrons. The van der Waals surface area contributed by atoms with E-state index in [9.17, 15) is 9.90 Å². The predicted molar refractivity (Wildman–Crippen MR) is 83.6 cm³/mol. The fourth-order valence-corrected chi connectivity index (χ4v) is 4.62. The molecule has 2 aliphatic carbocycles. The van der Waals surface area contributed by atoms with Crippen LogP contribution in [0.5, 0.6) is 0 Å². The standard InChI is InChI=1S/C18H27NO2/c1-11-7-8-19-15(11)9-13-10-18(3)14(12(2)17(13)21)5-4-6-16(18)20/h9,12,14,16,19-20H,4-8,10H2,1-3H3/b13-9+/t12?,14?,16-,18-/m0/s1. The summed E-state index contributed by atoms with van der Waals surface area (Å²) in [5.41, 5.74) is 3.23. The Labute approximate surface area is 127 Å². The summed E-state index contributed by atoms with van der Waals surface area (Å²) in [6.45, 7) is 7.33. The second-order valence-electron chi connectivity index (χ2n) is 7.43. The van der Waals surface area contributed by atoms with Gasteiger partial charge in [-0.3, -0.25) is 4.79 Å². The lowest BCUT2D eigenvalue weighted by atomic mass is 9.54. The minimum Gasteiger partial charge on any atom is -0.393 e. The van der Waals surface area contributed by atoms with Gasteiger partial charge >= 0.3 is 0 Å². The zero-order valence-corrected chi connectivity index (χ0v) is 13.4. The van der Waals surface area contributed by atoms with Crippen molar-refractivity contribution in [3.05, 3.63) is 22.9 Å². The highest BCUT2D eigenvalue weighted by molar-refractivity contribution is 5.98. The molecule has 21 heavy (non-hydrogen) atoms. The van der Waals surface area contributed by atoms with E-state index in [-0.39, 0.29) is 17.4 Å². The number of nitrogens with one attached hydrogen (secondary N) is 1. The van der Waals surface area contributed by atoms with E-state index in [4.69, 9.17) is 0 Å². The highest BCUT2D eigenvalue weighted by Gasteiger charge is 2.51. The van der Waals surface area contributed by atoms with Crippen molar-refractivity contribution in [1.29, 1.82) is 0 Å².